The van der Waals surface area contributed by atoms with Crippen LogP contribution in [0.15, 0.2) is 60.9 Å². The number of hydrogen-bond acceptors (Lipinski definition) is 9. The zero-order valence-electron chi connectivity index (χ0n) is 26.7. The lowest BCUT2D eigenvalue weighted by Gasteiger charge is -2.32. The standard InChI is InChI=1S/C35H42ClN9O2/c1-44-13-15-45(16-14-44)35-38-21-29(22-39-35)27-4-2-3-24(17-27)18-28(19-31(46)25-7-5-23(20-37)6-8-25)33(47)40-30-11-9-26(10-12-30)32-41-34(36)43-42-32/h2-4,9-12,17,21-23,25,28H,5-8,13-16,18-20,37H2,1H3,(H,40,47)(H,41,42,43)/t23?,25?,28-/m1/s1. The van der Waals surface area contributed by atoms with E-state index in [9.17, 15) is 9.59 Å². The number of H-pyrrole nitrogens is 1. The first kappa shape index (κ1) is 32.7. The number of carbonyl (C=O) groups excluding carboxylic acids is 2. The van der Waals surface area contributed by atoms with Crippen LogP contribution in [-0.4, -0.2) is 81.5 Å². The molecule has 47 heavy (non-hydrogen) atoms. The van der Waals surface area contributed by atoms with Gasteiger partial charge in [-0.15, -0.1) is 0 Å². The quantitative estimate of drug-likeness (QED) is 0.206. The lowest BCUT2D eigenvalue weighted by molar-refractivity contribution is -0.129. The van der Waals surface area contributed by atoms with Crippen molar-refractivity contribution in [3.8, 4) is 22.5 Å². The SMILES string of the molecule is CN1CCN(c2ncc(-c3cccc(C[C@H](CC(=O)C4CCC(CN)CC4)C(=O)Nc4ccc(-c5n[nH]c(Cl)n5)cc4)c3)cn2)CC1. The van der Waals surface area contributed by atoms with Crippen LogP contribution in [0, 0.1) is 17.8 Å². The molecule has 12 heteroatoms. The summed E-state index contributed by atoms with van der Waals surface area (Å²) >= 11 is 5.88. The summed E-state index contributed by atoms with van der Waals surface area (Å²) < 4.78 is 0. The van der Waals surface area contributed by atoms with Gasteiger partial charge in [-0.05, 0) is 98.6 Å². The normalized spacial score (nSPS) is 19.3. The number of amides is 1. The van der Waals surface area contributed by atoms with Crippen molar-refractivity contribution in [3.63, 3.8) is 0 Å². The third kappa shape index (κ3) is 8.40. The molecule has 1 atom stereocenters. The molecule has 2 aromatic heterocycles. The van der Waals surface area contributed by atoms with Gasteiger partial charge in [0.1, 0.15) is 5.78 Å². The average molecular weight is 656 g/mol. The van der Waals surface area contributed by atoms with E-state index in [0.717, 1.165) is 80.1 Å². The van der Waals surface area contributed by atoms with E-state index >= 15 is 0 Å². The Kier molecular flexibility index (Phi) is 10.5. The van der Waals surface area contributed by atoms with Crippen LogP contribution in [0.25, 0.3) is 22.5 Å². The van der Waals surface area contributed by atoms with Gasteiger partial charge >= 0.3 is 0 Å². The van der Waals surface area contributed by atoms with Crippen LogP contribution in [0.4, 0.5) is 11.6 Å². The zero-order valence-corrected chi connectivity index (χ0v) is 27.5. The van der Waals surface area contributed by atoms with Gasteiger partial charge in [-0.25, -0.2) is 15.1 Å². The highest BCUT2D eigenvalue weighted by molar-refractivity contribution is 6.28. The predicted octanol–water partition coefficient (Wildman–Crippen LogP) is 4.86. The minimum atomic E-state index is -0.535. The first-order valence-corrected chi connectivity index (χ1v) is 16.8. The summed E-state index contributed by atoms with van der Waals surface area (Å²) in [5, 5.41) is 9.96. The lowest BCUT2D eigenvalue weighted by atomic mass is 9.77. The number of rotatable bonds is 11. The summed E-state index contributed by atoms with van der Waals surface area (Å²) in [6.45, 7) is 4.45. The molecule has 246 valence electrons. The second kappa shape index (κ2) is 15.1. The Balaban J connectivity index is 1.17. The highest BCUT2D eigenvalue weighted by Crippen LogP contribution is 2.31. The molecule has 0 radical (unpaired) electrons. The van der Waals surface area contributed by atoms with Crippen molar-refractivity contribution < 1.29 is 9.59 Å². The molecule has 2 aromatic carbocycles. The van der Waals surface area contributed by atoms with Gasteiger partial charge in [-0.2, -0.15) is 10.1 Å². The van der Waals surface area contributed by atoms with Gasteiger partial charge in [0, 0.05) is 73.6 Å². The minimum Gasteiger partial charge on any atom is -0.338 e. The molecule has 1 aliphatic carbocycles. The molecule has 0 unspecified atom stereocenters. The van der Waals surface area contributed by atoms with Gasteiger partial charge in [0.2, 0.25) is 17.1 Å². The number of ketones is 1. The van der Waals surface area contributed by atoms with Gasteiger partial charge < -0.3 is 20.9 Å². The molecule has 0 spiro atoms. The maximum absolute atomic E-state index is 13.8. The summed E-state index contributed by atoms with van der Waals surface area (Å²) in [6, 6.07) is 15.3. The second-order valence-electron chi connectivity index (χ2n) is 12.8. The molecular weight excluding hydrogens is 614 g/mol. The number of nitrogens with zero attached hydrogens (tertiary/aromatic N) is 6. The number of benzene rings is 2. The molecular formula is C35H42ClN9O2. The van der Waals surface area contributed by atoms with E-state index in [1.807, 2.05) is 42.7 Å². The average Bonchev–Trinajstić information content (AvgIpc) is 3.55. The summed E-state index contributed by atoms with van der Waals surface area (Å²) in [6.07, 6.45) is 7.93. The Hall–Kier alpha value is -4.19. The molecule has 6 rings (SSSR count). The van der Waals surface area contributed by atoms with Crippen LogP contribution in [0.1, 0.15) is 37.7 Å². The van der Waals surface area contributed by atoms with Gasteiger partial charge in [0.25, 0.3) is 0 Å². The van der Waals surface area contributed by atoms with Crippen molar-refractivity contribution >= 4 is 34.9 Å². The number of likely N-dealkylation sites (N-methyl/N-ethyl adjacent to an activating group) is 1. The summed E-state index contributed by atoms with van der Waals surface area (Å²) in [5.41, 5.74) is 10.1. The first-order valence-electron chi connectivity index (χ1n) is 16.4. The second-order valence-corrected chi connectivity index (χ2v) is 13.2. The van der Waals surface area contributed by atoms with Crippen LogP contribution in [-0.2, 0) is 16.0 Å². The van der Waals surface area contributed by atoms with Crippen LogP contribution in [0.2, 0.25) is 5.28 Å². The molecule has 3 heterocycles. The van der Waals surface area contributed by atoms with E-state index in [4.69, 9.17) is 17.3 Å². The molecule has 4 aromatic rings. The molecule has 2 fully saturated rings. The van der Waals surface area contributed by atoms with Crippen LogP contribution < -0.4 is 16.0 Å². The minimum absolute atomic E-state index is 0.0251. The fraction of sp³-hybridized carbons (Fsp3) is 0.429. The molecule has 1 saturated heterocycles. The Morgan fingerprint density at radius 1 is 0.979 bits per heavy atom. The van der Waals surface area contributed by atoms with E-state index in [2.05, 4.69) is 53.4 Å². The first-order chi connectivity index (χ1) is 22.8. The summed E-state index contributed by atoms with van der Waals surface area (Å²) in [5.74, 6) is 1.10. The Morgan fingerprint density at radius 2 is 1.70 bits per heavy atom. The van der Waals surface area contributed by atoms with E-state index < -0.39 is 5.92 Å². The Labute approximate surface area is 280 Å². The maximum Gasteiger partial charge on any atom is 0.228 e. The van der Waals surface area contributed by atoms with Crippen molar-refractivity contribution in [2.45, 2.75) is 38.5 Å². The number of hydrogen-bond donors (Lipinski definition) is 3. The molecule has 0 bridgehead atoms. The molecule has 1 amide bonds. The van der Waals surface area contributed by atoms with Crippen molar-refractivity contribution in [1.82, 2.24) is 30.0 Å². The van der Waals surface area contributed by atoms with Gasteiger partial charge in [0.15, 0.2) is 5.82 Å². The fourth-order valence-corrected chi connectivity index (χ4v) is 6.63. The molecule has 2 aliphatic rings. The zero-order chi connectivity index (χ0) is 32.8. The number of anilines is 2. The van der Waals surface area contributed by atoms with Crippen molar-refractivity contribution in [2.75, 3.05) is 50.0 Å². The Bertz CT molecular complexity index is 1640. The number of aromatic nitrogens is 5. The highest BCUT2D eigenvalue weighted by Gasteiger charge is 2.30. The van der Waals surface area contributed by atoms with Gasteiger partial charge in [0.05, 0.1) is 0 Å². The third-order valence-electron chi connectivity index (χ3n) is 9.49. The molecule has 4 N–H and O–H groups in total. The van der Waals surface area contributed by atoms with Gasteiger partial charge in [-0.3, -0.25) is 9.59 Å². The highest BCUT2D eigenvalue weighted by atomic mass is 35.5. The maximum atomic E-state index is 13.8. The Morgan fingerprint density at radius 3 is 2.36 bits per heavy atom. The summed E-state index contributed by atoms with van der Waals surface area (Å²) in [4.78, 5) is 45.3. The number of aromatic amines is 1. The number of Topliss-reactive ketones (excluding diaryl/α,β-unsaturated/α-hetero) is 1. The molecule has 11 nitrogen and oxygen atoms in total. The van der Waals surface area contributed by atoms with Crippen LogP contribution in [0.5, 0.6) is 0 Å². The van der Waals surface area contributed by atoms with Gasteiger partial charge in [-0.1, -0.05) is 24.3 Å². The van der Waals surface area contributed by atoms with Crippen molar-refractivity contribution in [1.29, 1.82) is 0 Å². The van der Waals surface area contributed by atoms with Crippen LogP contribution >= 0.6 is 11.6 Å². The molecule has 1 aliphatic heterocycles. The number of nitrogens with one attached hydrogen (secondary N) is 2. The predicted molar refractivity (Wildman–Crippen MR) is 184 cm³/mol. The summed E-state index contributed by atoms with van der Waals surface area (Å²) in [7, 11) is 2.13. The van der Waals surface area contributed by atoms with E-state index in [1.54, 1.807) is 12.1 Å². The lowest BCUT2D eigenvalue weighted by Crippen LogP contribution is -2.45. The van der Waals surface area contributed by atoms with E-state index in [-0.39, 0.29) is 29.3 Å². The smallest absolute Gasteiger partial charge is 0.228 e. The van der Waals surface area contributed by atoms with E-state index in [0.29, 0.717) is 30.4 Å². The monoisotopic (exact) mass is 655 g/mol. The van der Waals surface area contributed by atoms with Crippen LogP contribution in [0.3, 0.4) is 0 Å². The number of piperazine rings is 1. The fourth-order valence-electron chi connectivity index (χ4n) is 6.51. The number of halogens is 1. The molecule has 1 saturated carbocycles. The number of carbonyl (C=O) groups is 2. The van der Waals surface area contributed by atoms with Crippen molar-refractivity contribution in [3.05, 3.63) is 71.8 Å². The number of nitrogens with two attached hydrogens (primary N) is 1. The van der Waals surface area contributed by atoms with E-state index in [1.165, 1.54) is 0 Å². The van der Waals surface area contributed by atoms with Crippen molar-refractivity contribution in [2.24, 2.45) is 23.5 Å². The topological polar surface area (TPSA) is 146 Å². The third-order valence-corrected chi connectivity index (χ3v) is 9.66. The largest absolute Gasteiger partial charge is 0.338 e.